The van der Waals surface area contributed by atoms with Gasteiger partial charge in [0.15, 0.2) is 11.3 Å². The molecule has 0 aliphatic rings. The predicted molar refractivity (Wildman–Crippen MR) is 132 cm³/mol. The molecule has 2 aromatic rings. The molecule has 208 valence electrons. The third-order valence-electron chi connectivity index (χ3n) is 4.43. The van der Waals surface area contributed by atoms with Crippen molar-refractivity contribution in [1.29, 1.82) is 0 Å². The van der Waals surface area contributed by atoms with Crippen molar-refractivity contribution in [1.82, 2.24) is 19.7 Å². The first-order chi connectivity index (χ1) is 17.0. The fourth-order valence-corrected chi connectivity index (χ4v) is 4.05. The van der Waals surface area contributed by atoms with E-state index in [1.807, 2.05) is 0 Å². The third-order valence-corrected chi connectivity index (χ3v) is 6.16. The van der Waals surface area contributed by atoms with Crippen molar-refractivity contribution in [3.63, 3.8) is 0 Å². The smallest absolute Gasteiger partial charge is 0.362 e. The normalized spacial score (nSPS) is 15.6. The van der Waals surface area contributed by atoms with Crippen LogP contribution in [0.1, 0.15) is 55.4 Å². The number of nitrogens with zero attached hydrogens (tertiary/aromatic N) is 4. The lowest BCUT2D eigenvalue weighted by atomic mass is 9.97. The number of anilines is 1. The first kappa shape index (κ1) is 30.4. The van der Waals surface area contributed by atoms with Gasteiger partial charge in [-0.15, -0.1) is 0 Å². The Morgan fingerprint density at radius 1 is 0.946 bits per heavy atom. The van der Waals surface area contributed by atoms with Crippen LogP contribution in [0.3, 0.4) is 0 Å². The number of esters is 2. The maximum absolute atomic E-state index is 13.5. The second kappa shape index (κ2) is 12.2. The molecule has 15 heteroatoms. The van der Waals surface area contributed by atoms with Crippen molar-refractivity contribution in [3.8, 4) is 0 Å². The molecule has 0 amide bonds. The minimum absolute atomic E-state index is 0.0124. The number of carbonyl (C=O) groups is 2. The zero-order chi connectivity index (χ0) is 28.0. The Hall–Kier alpha value is -2.80. The van der Waals surface area contributed by atoms with Gasteiger partial charge in [-0.05, 0) is 55.4 Å². The largest absolute Gasteiger partial charge is 0.435 e. The monoisotopic (exact) mass is 545 g/mol. The van der Waals surface area contributed by atoms with E-state index in [1.54, 1.807) is 41.5 Å². The summed E-state index contributed by atoms with van der Waals surface area (Å²) in [6.45, 7) is 12.8. The molecule has 0 aliphatic heterocycles. The van der Waals surface area contributed by atoms with Gasteiger partial charge in [-0.3, -0.25) is 23.2 Å². The van der Waals surface area contributed by atoms with Gasteiger partial charge in [0.1, 0.15) is 25.6 Å². The van der Waals surface area contributed by atoms with Crippen LogP contribution in [-0.2, 0) is 37.4 Å². The van der Waals surface area contributed by atoms with Crippen molar-refractivity contribution in [2.24, 2.45) is 10.8 Å². The van der Waals surface area contributed by atoms with Crippen LogP contribution in [0.4, 0.5) is 5.82 Å². The molecule has 2 heterocycles. The number of fused-ring (bicyclic) bond motifs is 1. The summed E-state index contributed by atoms with van der Waals surface area (Å²) in [4.78, 5) is 41.9. The van der Waals surface area contributed by atoms with Gasteiger partial charge in [-0.1, -0.05) is 0 Å². The molecule has 0 spiro atoms. The summed E-state index contributed by atoms with van der Waals surface area (Å²) >= 11 is 0. The Bertz CT molecular complexity index is 1090. The highest BCUT2D eigenvalue weighted by Crippen LogP contribution is 2.51. The lowest BCUT2D eigenvalue weighted by Gasteiger charge is -2.27. The molecule has 0 fully saturated rings. The average Bonchev–Trinajstić information content (AvgIpc) is 3.16. The first-order valence-corrected chi connectivity index (χ1v) is 13.3. The molecule has 37 heavy (non-hydrogen) atoms. The van der Waals surface area contributed by atoms with Crippen LogP contribution >= 0.6 is 7.60 Å². The standard InChI is InChI=1S/C22H36N5O9P/c1-14(33-19(28)21(3,4)5)35-37(30,36-15(2)34-20(29)22(6,7)8)13-31-9-10-32-27-12-26-16-17(23)24-11-25-18(16)27/h11-12,14-15H,9-10,13H2,1-8H3,(H2,23,24,25). The quantitative estimate of drug-likeness (QED) is 0.178. The molecule has 0 bridgehead atoms. The summed E-state index contributed by atoms with van der Waals surface area (Å²) in [7, 11) is -4.08. The van der Waals surface area contributed by atoms with Crippen molar-refractivity contribution in [2.45, 2.75) is 68.0 Å². The van der Waals surface area contributed by atoms with Crippen molar-refractivity contribution in [3.05, 3.63) is 12.7 Å². The number of rotatable bonds is 12. The predicted octanol–water partition coefficient (Wildman–Crippen LogP) is 2.91. The molecule has 0 aromatic carbocycles. The Labute approximate surface area is 215 Å². The summed E-state index contributed by atoms with van der Waals surface area (Å²) in [5.41, 5.74) is 4.89. The molecule has 0 saturated carbocycles. The molecule has 2 aromatic heterocycles. The Kier molecular flexibility index (Phi) is 10.0. The topological polar surface area (TPSA) is 176 Å². The van der Waals surface area contributed by atoms with E-state index in [4.69, 9.17) is 33.8 Å². The van der Waals surface area contributed by atoms with Crippen LogP contribution in [0.5, 0.6) is 0 Å². The highest BCUT2D eigenvalue weighted by molar-refractivity contribution is 7.53. The van der Waals surface area contributed by atoms with E-state index in [9.17, 15) is 14.2 Å². The van der Waals surface area contributed by atoms with Crippen LogP contribution in [0.25, 0.3) is 11.2 Å². The highest BCUT2D eigenvalue weighted by atomic mass is 31.2. The SMILES string of the molecule is CC(OC(=O)C(C)(C)C)OP(=O)(COCCOn1cnc2c(N)ncnc21)OC(C)OC(=O)C(C)(C)C. The Balaban J connectivity index is 2.00. The van der Waals surface area contributed by atoms with Gasteiger partial charge in [-0.2, -0.15) is 4.73 Å². The molecule has 0 aliphatic carbocycles. The van der Waals surface area contributed by atoms with E-state index < -0.39 is 49.3 Å². The summed E-state index contributed by atoms with van der Waals surface area (Å²) in [5.74, 6) is -0.920. The highest BCUT2D eigenvalue weighted by Gasteiger charge is 2.35. The van der Waals surface area contributed by atoms with Crippen molar-refractivity contribution in [2.75, 3.05) is 25.3 Å². The molecule has 0 saturated heterocycles. The molecule has 14 nitrogen and oxygen atoms in total. The van der Waals surface area contributed by atoms with Gasteiger partial charge >= 0.3 is 19.5 Å². The number of aromatic nitrogens is 4. The van der Waals surface area contributed by atoms with Crippen LogP contribution in [0.2, 0.25) is 0 Å². The van der Waals surface area contributed by atoms with E-state index in [1.165, 1.54) is 31.2 Å². The summed E-state index contributed by atoms with van der Waals surface area (Å²) in [5, 5.41) is 0. The lowest BCUT2D eigenvalue weighted by Crippen LogP contribution is -2.30. The first-order valence-electron chi connectivity index (χ1n) is 11.5. The Morgan fingerprint density at radius 2 is 1.49 bits per heavy atom. The molecular formula is C22H36N5O9P. The number of hydrogen-bond acceptors (Lipinski definition) is 13. The summed E-state index contributed by atoms with van der Waals surface area (Å²) in [6.07, 6.45) is -0.341. The molecule has 2 atom stereocenters. The number of ether oxygens (including phenoxy) is 3. The number of hydrogen-bond donors (Lipinski definition) is 1. The van der Waals surface area contributed by atoms with Crippen LogP contribution in [0, 0.1) is 10.8 Å². The minimum atomic E-state index is -4.08. The van der Waals surface area contributed by atoms with Gasteiger partial charge in [-0.25, -0.2) is 15.0 Å². The fourth-order valence-electron chi connectivity index (χ4n) is 2.53. The van der Waals surface area contributed by atoms with E-state index in [0.717, 1.165) is 0 Å². The van der Waals surface area contributed by atoms with E-state index in [-0.39, 0.29) is 19.0 Å². The second-order valence-electron chi connectivity index (χ2n) is 10.1. The molecule has 0 radical (unpaired) electrons. The van der Waals surface area contributed by atoms with Crippen LogP contribution in [0.15, 0.2) is 12.7 Å². The zero-order valence-corrected chi connectivity index (χ0v) is 23.3. The average molecular weight is 546 g/mol. The van der Waals surface area contributed by atoms with E-state index in [2.05, 4.69) is 15.0 Å². The van der Waals surface area contributed by atoms with Gasteiger partial charge in [0, 0.05) is 0 Å². The van der Waals surface area contributed by atoms with E-state index >= 15 is 0 Å². The van der Waals surface area contributed by atoms with Gasteiger partial charge in [0.2, 0.25) is 18.2 Å². The number of nitrogens with two attached hydrogens (primary N) is 1. The van der Waals surface area contributed by atoms with Gasteiger partial charge < -0.3 is 24.8 Å². The molecule has 2 unspecified atom stereocenters. The fraction of sp³-hybridized carbons (Fsp3) is 0.682. The van der Waals surface area contributed by atoms with Gasteiger partial charge in [0.25, 0.3) is 0 Å². The summed E-state index contributed by atoms with van der Waals surface area (Å²) in [6, 6.07) is 0. The minimum Gasteiger partial charge on any atom is -0.435 e. The lowest BCUT2D eigenvalue weighted by molar-refractivity contribution is -0.177. The number of imidazole rings is 1. The second-order valence-corrected chi connectivity index (χ2v) is 12.0. The van der Waals surface area contributed by atoms with E-state index in [0.29, 0.717) is 11.2 Å². The van der Waals surface area contributed by atoms with Gasteiger partial charge in [0.05, 0.1) is 17.4 Å². The number of nitrogen functional groups attached to an aromatic ring is 1. The van der Waals surface area contributed by atoms with Crippen LogP contribution < -0.4 is 10.6 Å². The number of carbonyl (C=O) groups excluding carboxylic acids is 2. The molecule has 2 N–H and O–H groups in total. The summed E-state index contributed by atoms with van der Waals surface area (Å²) < 4.78 is 41.6. The van der Waals surface area contributed by atoms with Crippen molar-refractivity contribution >= 4 is 36.5 Å². The van der Waals surface area contributed by atoms with Crippen molar-refractivity contribution < 1.29 is 42.2 Å². The molecule has 2 rings (SSSR count). The zero-order valence-electron chi connectivity index (χ0n) is 22.4. The maximum atomic E-state index is 13.5. The Morgan fingerprint density at radius 3 is 2.00 bits per heavy atom. The van der Waals surface area contributed by atoms with Crippen LogP contribution in [-0.4, -0.2) is 63.8 Å². The third kappa shape index (κ3) is 9.22. The molecular weight excluding hydrogens is 509 g/mol. The maximum Gasteiger partial charge on any atom is 0.362 e.